The van der Waals surface area contributed by atoms with E-state index in [9.17, 15) is 0 Å². The first kappa shape index (κ1) is 20.8. The van der Waals surface area contributed by atoms with Crippen LogP contribution in [-0.2, 0) is 4.74 Å². The van der Waals surface area contributed by atoms with Crippen LogP contribution < -0.4 is 10.5 Å². The number of aromatic nitrogens is 4. The van der Waals surface area contributed by atoms with Crippen LogP contribution in [0.1, 0.15) is 24.9 Å². The van der Waals surface area contributed by atoms with Gasteiger partial charge in [0.15, 0.2) is 11.5 Å². The van der Waals surface area contributed by atoms with Gasteiger partial charge in [-0.3, -0.25) is 9.30 Å². The molecule has 0 saturated carbocycles. The lowest BCUT2D eigenvalue weighted by Gasteiger charge is -2.24. The Bertz CT molecular complexity index is 1240. The molecule has 0 radical (unpaired) electrons. The first-order chi connectivity index (χ1) is 15.6. The van der Waals surface area contributed by atoms with Gasteiger partial charge < -0.3 is 15.2 Å². The molecule has 1 aliphatic heterocycles. The molecule has 32 heavy (non-hydrogen) atoms. The molecule has 0 bridgehead atoms. The predicted octanol–water partition coefficient (Wildman–Crippen LogP) is 3.06. The zero-order chi connectivity index (χ0) is 22.1. The van der Waals surface area contributed by atoms with Gasteiger partial charge in [-0.1, -0.05) is 24.3 Å². The number of likely N-dealkylation sites (tertiary alicyclic amines) is 1. The smallest absolute Gasteiger partial charge is 0.187 e. The summed E-state index contributed by atoms with van der Waals surface area (Å²) in [4.78, 5) is 7.32. The largest absolute Gasteiger partial charge is 0.489 e. The van der Waals surface area contributed by atoms with E-state index in [-0.39, 0.29) is 12.1 Å². The molecule has 0 unspecified atom stereocenters. The van der Waals surface area contributed by atoms with Crippen molar-refractivity contribution in [2.24, 2.45) is 5.73 Å². The number of benzene rings is 1. The molecular weight excluding hydrogens is 404 g/mol. The quantitative estimate of drug-likeness (QED) is 0.449. The number of methoxy groups -OCH3 is 1. The van der Waals surface area contributed by atoms with Gasteiger partial charge in [-0.25, -0.2) is 4.98 Å². The van der Waals surface area contributed by atoms with E-state index in [1.807, 2.05) is 40.8 Å². The summed E-state index contributed by atoms with van der Waals surface area (Å²) in [6.07, 6.45) is 3.16. The molecule has 0 amide bonds. The van der Waals surface area contributed by atoms with Crippen molar-refractivity contribution in [1.29, 1.82) is 0 Å². The van der Waals surface area contributed by atoms with E-state index < -0.39 is 0 Å². The van der Waals surface area contributed by atoms with Gasteiger partial charge in [-0.2, -0.15) is 0 Å². The lowest BCUT2D eigenvalue weighted by atomic mass is 10.1. The average molecular weight is 433 g/mol. The summed E-state index contributed by atoms with van der Waals surface area (Å²) in [5, 5.41) is 9.81. The number of pyridine rings is 2. The van der Waals surface area contributed by atoms with Gasteiger partial charge in [0, 0.05) is 43.9 Å². The van der Waals surface area contributed by atoms with Crippen molar-refractivity contribution in [3.63, 3.8) is 0 Å². The van der Waals surface area contributed by atoms with Gasteiger partial charge in [0.25, 0.3) is 0 Å². The van der Waals surface area contributed by atoms with E-state index in [1.165, 1.54) is 5.56 Å². The van der Waals surface area contributed by atoms with Crippen molar-refractivity contribution < 1.29 is 9.47 Å². The van der Waals surface area contributed by atoms with Gasteiger partial charge >= 0.3 is 0 Å². The molecule has 5 rings (SSSR count). The molecule has 2 N–H and O–H groups in total. The maximum Gasteiger partial charge on any atom is 0.187 e. The lowest BCUT2D eigenvalue weighted by Crippen LogP contribution is -2.28. The summed E-state index contributed by atoms with van der Waals surface area (Å²) in [6.45, 7) is 5.16. The molecule has 1 saturated heterocycles. The number of nitrogens with two attached hydrogens (primary N) is 1. The molecule has 4 aromatic rings. The minimum atomic E-state index is 0.258. The molecule has 8 nitrogen and oxygen atoms in total. The Morgan fingerprint density at radius 1 is 1.12 bits per heavy atom. The van der Waals surface area contributed by atoms with Crippen molar-refractivity contribution >= 4 is 16.6 Å². The van der Waals surface area contributed by atoms with Gasteiger partial charge in [0.05, 0.1) is 6.61 Å². The maximum atomic E-state index is 6.12. The first-order valence-corrected chi connectivity index (χ1v) is 11.0. The summed E-state index contributed by atoms with van der Waals surface area (Å²) in [6, 6.07) is 14.6. The van der Waals surface area contributed by atoms with Crippen LogP contribution in [0.2, 0.25) is 0 Å². The highest BCUT2D eigenvalue weighted by molar-refractivity contribution is 5.86. The maximum absolute atomic E-state index is 6.12. The Morgan fingerprint density at radius 3 is 2.84 bits per heavy atom. The van der Waals surface area contributed by atoms with Crippen molar-refractivity contribution in [2.75, 3.05) is 33.4 Å². The number of rotatable bonds is 7. The standard InChI is InChI=1S/C24H28N6O2/c1-16(29-11-10-19(25)15-29)18-7-9-22-27-28-24(30(22)14-18)20-8-6-17-4-3-5-21(23(17)26-20)32-13-12-31-2/h3-9,14,16,19H,10-13,15,25H2,1-2H3/t16-,19-/m0/s1. The SMILES string of the molecule is COCCOc1cccc2ccc(-c3nnc4ccc([C@H](C)N5CC[C@H](N)C5)cn34)nc12. The molecule has 1 aromatic carbocycles. The highest BCUT2D eigenvalue weighted by Gasteiger charge is 2.25. The number of ether oxygens (including phenoxy) is 2. The second-order valence-corrected chi connectivity index (χ2v) is 8.30. The molecule has 1 aliphatic rings. The van der Waals surface area contributed by atoms with Crippen LogP contribution in [-0.4, -0.2) is 63.9 Å². The van der Waals surface area contributed by atoms with Crippen molar-refractivity contribution in [3.8, 4) is 17.3 Å². The van der Waals surface area contributed by atoms with Crippen molar-refractivity contribution in [3.05, 3.63) is 54.2 Å². The molecule has 4 heterocycles. The van der Waals surface area contributed by atoms with E-state index in [1.54, 1.807) is 7.11 Å². The van der Waals surface area contributed by atoms with E-state index in [0.29, 0.717) is 19.0 Å². The predicted molar refractivity (Wildman–Crippen MR) is 124 cm³/mol. The van der Waals surface area contributed by atoms with Crippen molar-refractivity contribution in [2.45, 2.75) is 25.4 Å². The fourth-order valence-corrected chi connectivity index (χ4v) is 4.30. The molecule has 0 aliphatic carbocycles. The van der Waals surface area contributed by atoms with E-state index in [2.05, 4.69) is 34.3 Å². The van der Waals surface area contributed by atoms with Crippen LogP contribution in [0.25, 0.3) is 28.1 Å². The van der Waals surface area contributed by atoms with Crippen LogP contribution >= 0.6 is 0 Å². The van der Waals surface area contributed by atoms with Crippen LogP contribution in [0.4, 0.5) is 0 Å². The molecular formula is C24H28N6O2. The Balaban J connectivity index is 1.52. The summed E-state index contributed by atoms with van der Waals surface area (Å²) >= 11 is 0. The Hall–Kier alpha value is -3.07. The number of nitrogens with zero attached hydrogens (tertiary/aromatic N) is 5. The number of para-hydroxylation sites is 1. The Labute approximate surface area is 187 Å². The van der Waals surface area contributed by atoms with Crippen LogP contribution in [0, 0.1) is 0 Å². The van der Waals surface area contributed by atoms with Crippen molar-refractivity contribution in [1.82, 2.24) is 24.5 Å². The number of fused-ring (bicyclic) bond motifs is 2. The molecule has 0 spiro atoms. The molecule has 1 fully saturated rings. The van der Waals surface area contributed by atoms with Crippen LogP contribution in [0.15, 0.2) is 48.7 Å². The van der Waals surface area contributed by atoms with E-state index >= 15 is 0 Å². The fourth-order valence-electron chi connectivity index (χ4n) is 4.30. The zero-order valence-electron chi connectivity index (χ0n) is 18.4. The number of hydrogen-bond acceptors (Lipinski definition) is 7. The third-order valence-electron chi connectivity index (χ3n) is 6.17. The Morgan fingerprint density at radius 2 is 2.03 bits per heavy atom. The second kappa shape index (κ2) is 8.82. The van der Waals surface area contributed by atoms with Crippen LogP contribution in [0.5, 0.6) is 5.75 Å². The molecule has 166 valence electrons. The van der Waals surface area contributed by atoms with Gasteiger partial charge in [0.2, 0.25) is 0 Å². The lowest BCUT2D eigenvalue weighted by molar-refractivity contribution is 0.147. The first-order valence-electron chi connectivity index (χ1n) is 11.0. The highest BCUT2D eigenvalue weighted by atomic mass is 16.5. The van der Waals surface area contributed by atoms with E-state index in [0.717, 1.165) is 47.5 Å². The van der Waals surface area contributed by atoms with Gasteiger partial charge in [-0.05, 0) is 37.1 Å². The van der Waals surface area contributed by atoms with Gasteiger partial charge in [-0.15, -0.1) is 10.2 Å². The minimum Gasteiger partial charge on any atom is -0.489 e. The summed E-state index contributed by atoms with van der Waals surface area (Å²) in [5.41, 5.74) is 9.67. The summed E-state index contributed by atoms with van der Waals surface area (Å²) < 4.78 is 13.0. The summed E-state index contributed by atoms with van der Waals surface area (Å²) in [7, 11) is 1.66. The number of hydrogen-bond donors (Lipinski definition) is 1. The summed E-state index contributed by atoms with van der Waals surface area (Å²) in [5.74, 6) is 1.44. The monoisotopic (exact) mass is 432 g/mol. The van der Waals surface area contributed by atoms with E-state index in [4.69, 9.17) is 20.2 Å². The Kier molecular flexibility index (Phi) is 5.73. The minimum absolute atomic E-state index is 0.258. The fraction of sp³-hybridized carbons (Fsp3) is 0.375. The zero-order valence-corrected chi connectivity index (χ0v) is 18.4. The highest BCUT2D eigenvalue weighted by Crippen LogP contribution is 2.29. The average Bonchev–Trinajstić information content (AvgIpc) is 3.44. The van der Waals surface area contributed by atoms with Gasteiger partial charge in [0.1, 0.15) is 23.6 Å². The topological polar surface area (TPSA) is 90.8 Å². The molecule has 2 atom stereocenters. The third-order valence-corrected chi connectivity index (χ3v) is 6.17. The third kappa shape index (κ3) is 3.92. The molecule has 3 aromatic heterocycles. The molecule has 8 heteroatoms. The second-order valence-electron chi connectivity index (χ2n) is 8.30. The van der Waals surface area contributed by atoms with Crippen LogP contribution in [0.3, 0.4) is 0 Å². The normalized spacial score (nSPS) is 17.9.